The lowest BCUT2D eigenvalue weighted by molar-refractivity contribution is -0.138. The Balaban J connectivity index is 1.74. The zero-order valence-electron chi connectivity index (χ0n) is 14.5. The molecule has 0 aliphatic heterocycles. The fourth-order valence-electron chi connectivity index (χ4n) is 3.50. The second kappa shape index (κ2) is 7.53. The number of nitrogens with zero attached hydrogens (tertiary/aromatic N) is 1. The lowest BCUT2D eigenvalue weighted by atomic mass is 9.93. The van der Waals surface area contributed by atoms with Gasteiger partial charge in [0.15, 0.2) is 0 Å². The van der Waals surface area contributed by atoms with Gasteiger partial charge in [-0.25, -0.2) is 9.37 Å². The number of carboxylic acids is 1. The van der Waals surface area contributed by atoms with Gasteiger partial charge < -0.3 is 10.4 Å². The number of carboxylic acid groups (broad SMARTS) is 1. The number of rotatable bonds is 6. The first kappa shape index (κ1) is 18.5. The average Bonchev–Trinajstić information content (AvgIpc) is 3.16. The Morgan fingerprint density at radius 2 is 1.92 bits per heavy atom. The molecule has 0 bridgehead atoms. The van der Waals surface area contributed by atoms with Crippen molar-refractivity contribution in [2.75, 3.05) is 0 Å². The highest BCUT2D eigenvalue weighted by atomic mass is 32.1. The Morgan fingerprint density at radius 1 is 1.27 bits per heavy atom. The van der Waals surface area contributed by atoms with E-state index in [0.29, 0.717) is 29.8 Å². The smallest absolute Gasteiger partial charge is 0.305 e. The van der Waals surface area contributed by atoms with Crippen LogP contribution in [0.2, 0.25) is 0 Å². The quantitative estimate of drug-likeness (QED) is 0.806. The number of aryl methyl sites for hydroxylation is 1. The number of thiazole rings is 1. The minimum Gasteiger partial charge on any atom is -0.481 e. The number of aliphatic carboxylic acids is 1. The van der Waals surface area contributed by atoms with Crippen LogP contribution in [0.15, 0.2) is 24.3 Å². The number of nitrogens with one attached hydrogen (secondary N) is 1. The van der Waals surface area contributed by atoms with E-state index < -0.39 is 11.5 Å². The van der Waals surface area contributed by atoms with E-state index in [2.05, 4.69) is 10.3 Å². The van der Waals surface area contributed by atoms with Gasteiger partial charge in [0.25, 0.3) is 5.91 Å². The van der Waals surface area contributed by atoms with E-state index >= 15 is 0 Å². The van der Waals surface area contributed by atoms with Gasteiger partial charge >= 0.3 is 5.97 Å². The van der Waals surface area contributed by atoms with Crippen LogP contribution in [-0.4, -0.2) is 27.5 Å². The second-order valence-electron chi connectivity index (χ2n) is 6.84. The van der Waals surface area contributed by atoms with Crippen LogP contribution >= 0.6 is 11.3 Å². The zero-order valence-corrected chi connectivity index (χ0v) is 15.4. The molecule has 3 rings (SSSR count). The maximum Gasteiger partial charge on any atom is 0.305 e. The molecule has 0 atom stereocenters. The molecule has 1 fully saturated rings. The predicted octanol–water partition coefficient (Wildman–Crippen LogP) is 3.70. The summed E-state index contributed by atoms with van der Waals surface area (Å²) in [6.07, 6.45) is 3.69. The van der Waals surface area contributed by atoms with Gasteiger partial charge in [0.1, 0.15) is 10.7 Å². The minimum absolute atomic E-state index is 0.0565. The van der Waals surface area contributed by atoms with E-state index in [0.717, 1.165) is 23.4 Å². The summed E-state index contributed by atoms with van der Waals surface area (Å²) in [6.45, 7) is 1.78. The third kappa shape index (κ3) is 4.27. The van der Waals surface area contributed by atoms with Crippen LogP contribution in [0.5, 0.6) is 0 Å². The predicted molar refractivity (Wildman–Crippen MR) is 97.0 cm³/mol. The fourth-order valence-corrected chi connectivity index (χ4v) is 4.49. The summed E-state index contributed by atoms with van der Waals surface area (Å²) in [5, 5.41) is 12.9. The van der Waals surface area contributed by atoms with Gasteiger partial charge in [-0.15, -0.1) is 11.3 Å². The third-order valence-corrected chi connectivity index (χ3v) is 5.90. The summed E-state index contributed by atoms with van der Waals surface area (Å²) in [4.78, 5) is 28.9. The lowest BCUT2D eigenvalue weighted by Gasteiger charge is -2.28. The topological polar surface area (TPSA) is 79.3 Å². The highest BCUT2D eigenvalue weighted by Gasteiger charge is 2.38. The van der Waals surface area contributed by atoms with E-state index in [-0.39, 0.29) is 18.1 Å². The van der Waals surface area contributed by atoms with Crippen molar-refractivity contribution in [3.05, 3.63) is 51.2 Å². The Kier molecular flexibility index (Phi) is 5.36. The molecule has 1 aliphatic carbocycles. The number of halogens is 1. The number of benzene rings is 1. The van der Waals surface area contributed by atoms with Crippen molar-refractivity contribution in [2.24, 2.45) is 0 Å². The molecule has 138 valence electrons. The first-order chi connectivity index (χ1) is 12.4. The van der Waals surface area contributed by atoms with Gasteiger partial charge in [-0.3, -0.25) is 9.59 Å². The van der Waals surface area contributed by atoms with Crippen molar-refractivity contribution in [3.8, 4) is 0 Å². The van der Waals surface area contributed by atoms with Crippen molar-refractivity contribution < 1.29 is 19.1 Å². The molecule has 0 unspecified atom stereocenters. The molecule has 5 nitrogen and oxygen atoms in total. The van der Waals surface area contributed by atoms with Crippen molar-refractivity contribution in [3.63, 3.8) is 0 Å². The highest BCUT2D eigenvalue weighted by molar-refractivity contribution is 7.13. The first-order valence-corrected chi connectivity index (χ1v) is 9.44. The monoisotopic (exact) mass is 376 g/mol. The third-order valence-electron chi connectivity index (χ3n) is 4.74. The van der Waals surface area contributed by atoms with Gasteiger partial charge in [-0.2, -0.15) is 0 Å². The van der Waals surface area contributed by atoms with E-state index in [9.17, 15) is 19.1 Å². The van der Waals surface area contributed by atoms with E-state index in [1.165, 1.54) is 23.5 Å². The largest absolute Gasteiger partial charge is 0.481 e. The summed E-state index contributed by atoms with van der Waals surface area (Å²) in [5.41, 5.74) is 0.898. The van der Waals surface area contributed by atoms with Gasteiger partial charge in [-0.05, 0) is 37.5 Å². The number of hydrogen-bond donors (Lipinski definition) is 2. The molecule has 1 heterocycles. The van der Waals surface area contributed by atoms with Crippen LogP contribution in [-0.2, 0) is 11.2 Å². The SMILES string of the molecule is Cc1nc(Cc2ccc(F)cc2)sc1C(=O)NC1(CC(=O)O)CCCC1. The molecule has 0 spiro atoms. The summed E-state index contributed by atoms with van der Waals surface area (Å²) >= 11 is 1.30. The number of carbonyl (C=O) groups is 2. The zero-order chi connectivity index (χ0) is 18.7. The molecule has 1 saturated carbocycles. The van der Waals surface area contributed by atoms with Gasteiger partial charge in [0.05, 0.1) is 22.7 Å². The summed E-state index contributed by atoms with van der Waals surface area (Å²) in [6, 6.07) is 6.21. The molecular formula is C19H21FN2O3S. The standard InChI is InChI=1S/C19H21FN2O3S/c1-12-17(18(25)22-19(11-16(23)24)8-2-3-9-19)26-15(21-12)10-13-4-6-14(20)7-5-13/h4-7H,2-3,8-11H2,1H3,(H,22,25)(H,23,24). The van der Waals surface area contributed by atoms with E-state index in [1.807, 2.05) is 0 Å². The normalized spacial score (nSPS) is 15.8. The molecule has 0 saturated heterocycles. The van der Waals surface area contributed by atoms with E-state index in [4.69, 9.17) is 0 Å². The molecular weight excluding hydrogens is 355 g/mol. The van der Waals surface area contributed by atoms with Crippen LogP contribution in [0.1, 0.15) is 58.0 Å². The second-order valence-corrected chi connectivity index (χ2v) is 7.92. The molecule has 1 aliphatic rings. The Bertz CT molecular complexity index is 811. The van der Waals surface area contributed by atoms with Crippen molar-refractivity contribution in [1.29, 1.82) is 0 Å². The van der Waals surface area contributed by atoms with Crippen molar-refractivity contribution in [1.82, 2.24) is 10.3 Å². The highest BCUT2D eigenvalue weighted by Crippen LogP contribution is 2.33. The summed E-state index contributed by atoms with van der Waals surface area (Å²) in [7, 11) is 0. The molecule has 2 aromatic rings. The van der Waals surface area contributed by atoms with Crippen LogP contribution in [0.25, 0.3) is 0 Å². The van der Waals surface area contributed by atoms with Crippen molar-refractivity contribution in [2.45, 2.75) is 51.0 Å². The van der Waals surface area contributed by atoms with E-state index in [1.54, 1.807) is 19.1 Å². The molecule has 2 N–H and O–H groups in total. The summed E-state index contributed by atoms with van der Waals surface area (Å²) < 4.78 is 13.0. The number of carbonyl (C=O) groups excluding carboxylic acids is 1. The number of hydrogen-bond acceptors (Lipinski definition) is 4. The minimum atomic E-state index is -0.898. The summed E-state index contributed by atoms with van der Waals surface area (Å²) in [5.74, 6) is -1.44. The molecule has 1 aromatic heterocycles. The van der Waals surface area contributed by atoms with Crippen molar-refractivity contribution >= 4 is 23.2 Å². The average molecular weight is 376 g/mol. The van der Waals surface area contributed by atoms with Gasteiger partial charge in [0, 0.05) is 6.42 Å². The Labute approximate surface area is 155 Å². The van der Waals surface area contributed by atoms with Gasteiger partial charge in [-0.1, -0.05) is 25.0 Å². The lowest BCUT2D eigenvalue weighted by Crippen LogP contribution is -2.47. The number of amides is 1. The fraction of sp³-hybridized carbons (Fsp3) is 0.421. The van der Waals surface area contributed by atoms with Crippen LogP contribution in [0.3, 0.4) is 0 Å². The molecule has 1 amide bonds. The molecule has 26 heavy (non-hydrogen) atoms. The molecule has 7 heteroatoms. The maximum atomic E-state index is 13.0. The van der Waals surface area contributed by atoms with Crippen LogP contribution in [0, 0.1) is 12.7 Å². The van der Waals surface area contributed by atoms with Crippen LogP contribution < -0.4 is 5.32 Å². The number of aromatic nitrogens is 1. The molecule has 0 radical (unpaired) electrons. The van der Waals surface area contributed by atoms with Gasteiger partial charge in [0.2, 0.25) is 0 Å². The molecule has 1 aromatic carbocycles. The van der Waals surface area contributed by atoms with Crippen LogP contribution in [0.4, 0.5) is 4.39 Å². The first-order valence-electron chi connectivity index (χ1n) is 8.62. The Morgan fingerprint density at radius 3 is 2.54 bits per heavy atom. The Hall–Kier alpha value is -2.28. The maximum absolute atomic E-state index is 13.0.